The number of aromatic hydroxyl groups is 2. The minimum atomic E-state index is -5.08. The molecule has 0 saturated heterocycles. The van der Waals surface area contributed by atoms with Gasteiger partial charge in [0.25, 0.3) is 30.4 Å². The number of nitrogens with two attached hydrogens (primary N) is 1. The highest BCUT2D eigenvalue weighted by Gasteiger charge is 2.25. The lowest BCUT2D eigenvalue weighted by Crippen LogP contribution is -2.04. The molecular formula is C30H21N5O11S3. The van der Waals surface area contributed by atoms with E-state index in [1.807, 2.05) is 0 Å². The Hall–Kier alpha value is -5.57. The van der Waals surface area contributed by atoms with Gasteiger partial charge in [0.15, 0.2) is 5.75 Å². The third-order valence-corrected chi connectivity index (χ3v) is 10.0. The molecule has 0 atom stereocenters. The van der Waals surface area contributed by atoms with Crippen molar-refractivity contribution in [2.75, 3.05) is 5.73 Å². The van der Waals surface area contributed by atoms with E-state index in [2.05, 4.69) is 20.5 Å². The minimum Gasteiger partial charge on any atom is -0.508 e. The molecule has 250 valence electrons. The minimum absolute atomic E-state index is 0.0967. The SMILES string of the molecule is Nc1cc2c(O)c(/N=N/c3ccc(/N=N/c4ccc5c(S(=O)(=O)O)cccc5c4)c4cc(O)ccc34)c(S(=O)(=O)O)cc2cc1S(=O)(=O)O. The fourth-order valence-electron chi connectivity index (χ4n) is 5.13. The summed E-state index contributed by atoms with van der Waals surface area (Å²) in [6, 6.07) is 18.5. The first-order chi connectivity index (χ1) is 22.9. The van der Waals surface area contributed by atoms with Crippen LogP contribution in [0, 0.1) is 0 Å². The van der Waals surface area contributed by atoms with Gasteiger partial charge >= 0.3 is 0 Å². The van der Waals surface area contributed by atoms with Gasteiger partial charge in [0.2, 0.25) is 0 Å². The summed E-state index contributed by atoms with van der Waals surface area (Å²) in [6.07, 6.45) is 0. The number of phenolic OH excluding ortho intramolecular Hbond substituents is 2. The van der Waals surface area contributed by atoms with Crippen LogP contribution < -0.4 is 5.73 Å². The van der Waals surface area contributed by atoms with Gasteiger partial charge in [0.05, 0.1) is 22.7 Å². The molecule has 0 aliphatic carbocycles. The van der Waals surface area contributed by atoms with Crippen molar-refractivity contribution in [3.63, 3.8) is 0 Å². The fourth-order valence-corrected chi connectivity index (χ4v) is 7.14. The van der Waals surface area contributed by atoms with E-state index >= 15 is 0 Å². The molecule has 0 aliphatic rings. The maximum absolute atomic E-state index is 12.3. The van der Waals surface area contributed by atoms with Crippen LogP contribution in [-0.4, -0.2) is 49.1 Å². The highest BCUT2D eigenvalue weighted by molar-refractivity contribution is 7.86. The molecule has 0 radical (unpaired) electrons. The maximum atomic E-state index is 12.3. The van der Waals surface area contributed by atoms with Crippen LogP contribution in [0.4, 0.5) is 28.4 Å². The first-order valence-electron chi connectivity index (χ1n) is 13.6. The Morgan fingerprint density at radius 2 is 1.12 bits per heavy atom. The molecule has 49 heavy (non-hydrogen) atoms. The summed E-state index contributed by atoms with van der Waals surface area (Å²) >= 11 is 0. The third kappa shape index (κ3) is 6.48. The van der Waals surface area contributed by atoms with E-state index in [0.717, 1.165) is 18.2 Å². The van der Waals surface area contributed by atoms with Gasteiger partial charge in [-0.15, -0.1) is 15.3 Å². The standard InChI is InChI=1S/C30H21N5O11S3/c31-23-14-21-16(11-27(23)48(41,42)43)12-28(49(44,45)46)29(30(21)37)35-34-24-8-9-25(22-13-18(36)5-7-20(22)24)33-32-17-4-6-19-15(10-17)2-1-3-26(19)47(38,39)40/h1-14,36-37H,31H2,(H,38,39,40)(H,41,42,43)(H,44,45,46)/b33-32+,35-34+. The third-order valence-electron chi connectivity index (χ3n) is 7.32. The van der Waals surface area contributed by atoms with Crippen LogP contribution in [0.2, 0.25) is 0 Å². The summed E-state index contributed by atoms with van der Waals surface area (Å²) in [5.74, 6) is -0.974. The molecule has 0 bridgehead atoms. The van der Waals surface area contributed by atoms with Crippen molar-refractivity contribution in [3.8, 4) is 11.5 Å². The lowest BCUT2D eigenvalue weighted by atomic mass is 10.1. The molecule has 0 heterocycles. The molecule has 0 saturated carbocycles. The van der Waals surface area contributed by atoms with Crippen molar-refractivity contribution in [1.82, 2.24) is 0 Å². The Bertz CT molecular complexity index is 2790. The molecule has 7 N–H and O–H groups in total. The van der Waals surface area contributed by atoms with Crippen LogP contribution in [-0.2, 0) is 30.4 Å². The van der Waals surface area contributed by atoms with Gasteiger partial charge in [-0.05, 0) is 77.5 Å². The Morgan fingerprint density at radius 1 is 0.510 bits per heavy atom. The molecule has 0 amide bonds. The summed E-state index contributed by atoms with van der Waals surface area (Å²) in [7, 11) is -14.4. The summed E-state index contributed by atoms with van der Waals surface area (Å²) in [5.41, 5.74) is 5.23. The highest BCUT2D eigenvalue weighted by atomic mass is 32.2. The lowest BCUT2D eigenvalue weighted by molar-refractivity contribution is 0.472. The average molecular weight is 724 g/mol. The number of hydrogen-bond donors (Lipinski definition) is 6. The fraction of sp³-hybridized carbons (Fsp3) is 0. The second-order valence-electron chi connectivity index (χ2n) is 10.5. The van der Waals surface area contributed by atoms with Crippen molar-refractivity contribution in [3.05, 3.63) is 84.9 Å². The molecule has 6 rings (SSSR count). The molecular weight excluding hydrogens is 703 g/mol. The number of hydrogen-bond acceptors (Lipinski definition) is 13. The van der Waals surface area contributed by atoms with Gasteiger partial charge in [0.1, 0.15) is 26.1 Å². The van der Waals surface area contributed by atoms with Gasteiger partial charge in [-0.1, -0.05) is 18.2 Å². The van der Waals surface area contributed by atoms with Crippen LogP contribution in [0.25, 0.3) is 32.3 Å². The number of fused-ring (bicyclic) bond motifs is 3. The Morgan fingerprint density at radius 3 is 1.80 bits per heavy atom. The molecule has 0 unspecified atom stereocenters. The number of nitrogen functional groups attached to an aromatic ring is 1. The molecule has 6 aromatic carbocycles. The zero-order valence-corrected chi connectivity index (χ0v) is 26.8. The van der Waals surface area contributed by atoms with E-state index in [-0.39, 0.29) is 38.2 Å². The first-order valence-corrected chi connectivity index (χ1v) is 17.9. The molecule has 0 fully saturated rings. The normalized spacial score (nSPS) is 13.0. The van der Waals surface area contributed by atoms with Gasteiger partial charge in [-0.25, -0.2) is 0 Å². The van der Waals surface area contributed by atoms with E-state index in [0.29, 0.717) is 21.8 Å². The van der Waals surface area contributed by atoms with Crippen LogP contribution >= 0.6 is 0 Å². The molecule has 0 aromatic heterocycles. The number of benzene rings is 6. The quantitative estimate of drug-likeness (QED) is 0.0569. The van der Waals surface area contributed by atoms with Crippen molar-refractivity contribution >= 4 is 91.1 Å². The first kappa shape index (κ1) is 33.3. The van der Waals surface area contributed by atoms with Crippen molar-refractivity contribution in [1.29, 1.82) is 0 Å². The second-order valence-corrected chi connectivity index (χ2v) is 14.7. The topological polar surface area (TPSA) is 279 Å². The van der Waals surface area contributed by atoms with Gasteiger partial charge in [-0.3, -0.25) is 13.7 Å². The summed E-state index contributed by atoms with van der Waals surface area (Å²) in [5, 5.41) is 38.7. The van der Waals surface area contributed by atoms with E-state index in [1.165, 1.54) is 54.6 Å². The monoisotopic (exact) mass is 723 g/mol. The van der Waals surface area contributed by atoms with Crippen molar-refractivity contribution < 1.29 is 49.1 Å². The van der Waals surface area contributed by atoms with Crippen molar-refractivity contribution in [2.24, 2.45) is 20.5 Å². The predicted molar refractivity (Wildman–Crippen MR) is 177 cm³/mol. The molecule has 6 aromatic rings. The molecule has 0 spiro atoms. The van der Waals surface area contributed by atoms with Crippen LogP contribution in [0.15, 0.2) is 120 Å². The number of phenols is 2. The predicted octanol–water partition coefficient (Wildman–Crippen LogP) is 6.71. The zero-order chi connectivity index (χ0) is 35.5. The van der Waals surface area contributed by atoms with Crippen LogP contribution in [0.1, 0.15) is 0 Å². The van der Waals surface area contributed by atoms with E-state index < -0.39 is 57.3 Å². The van der Waals surface area contributed by atoms with Crippen LogP contribution in [0.3, 0.4) is 0 Å². The zero-order valence-electron chi connectivity index (χ0n) is 24.4. The number of azo groups is 2. The summed E-state index contributed by atoms with van der Waals surface area (Å²) in [6.45, 7) is 0. The van der Waals surface area contributed by atoms with E-state index in [1.54, 1.807) is 12.1 Å². The number of nitrogens with zero attached hydrogens (tertiary/aromatic N) is 4. The maximum Gasteiger partial charge on any atom is 0.296 e. The smallest absolute Gasteiger partial charge is 0.296 e. The Kier molecular flexibility index (Phi) is 8.05. The van der Waals surface area contributed by atoms with Gasteiger partial charge in [-0.2, -0.15) is 30.4 Å². The largest absolute Gasteiger partial charge is 0.508 e. The Labute approximate surface area is 276 Å². The molecule has 0 aliphatic heterocycles. The summed E-state index contributed by atoms with van der Waals surface area (Å²) in [4.78, 5) is -1.96. The molecule has 19 heteroatoms. The highest BCUT2D eigenvalue weighted by Crippen LogP contribution is 2.44. The van der Waals surface area contributed by atoms with E-state index in [4.69, 9.17) is 5.73 Å². The Balaban J connectivity index is 1.44. The lowest BCUT2D eigenvalue weighted by Gasteiger charge is -2.11. The summed E-state index contributed by atoms with van der Waals surface area (Å²) < 4.78 is 100. The van der Waals surface area contributed by atoms with E-state index in [9.17, 15) is 49.1 Å². The van der Waals surface area contributed by atoms with Crippen LogP contribution in [0.5, 0.6) is 11.5 Å². The second kappa shape index (κ2) is 11.8. The van der Waals surface area contributed by atoms with Gasteiger partial charge in [0, 0.05) is 21.5 Å². The number of anilines is 1. The van der Waals surface area contributed by atoms with Crippen molar-refractivity contribution in [2.45, 2.75) is 14.7 Å². The van der Waals surface area contributed by atoms with Gasteiger partial charge < -0.3 is 15.9 Å². The number of rotatable bonds is 7. The average Bonchev–Trinajstić information content (AvgIpc) is 3.01. The molecule has 16 nitrogen and oxygen atoms in total.